The van der Waals surface area contributed by atoms with Crippen LogP contribution in [0.4, 0.5) is 0 Å². The Bertz CT molecular complexity index is 1080. The lowest BCUT2D eigenvalue weighted by molar-refractivity contribution is 0.0934. The lowest BCUT2D eigenvalue weighted by atomic mass is 10.1. The van der Waals surface area contributed by atoms with Crippen LogP contribution in [0.3, 0.4) is 0 Å². The van der Waals surface area contributed by atoms with Crippen LogP contribution in [0.1, 0.15) is 42.3 Å². The molecule has 8 heteroatoms. The van der Waals surface area contributed by atoms with Crippen molar-refractivity contribution in [1.82, 2.24) is 19.7 Å². The predicted molar refractivity (Wildman–Crippen MR) is 134 cm³/mol. The number of para-hydroxylation sites is 1. The zero-order chi connectivity index (χ0) is 23.9. The molecule has 0 amide bonds. The van der Waals surface area contributed by atoms with Gasteiger partial charge in [0.05, 0.1) is 25.8 Å². The molecular weight excluding hydrogens is 448 g/mol. The van der Waals surface area contributed by atoms with Crippen molar-refractivity contribution in [3.63, 3.8) is 0 Å². The molecule has 2 aromatic carbocycles. The fraction of sp³-hybridized carbons (Fsp3) is 0.462. The zero-order valence-corrected chi connectivity index (χ0v) is 21.1. The van der Waals surface area contributed by atoms with E-state index >= 15 is 0 Å². The zero-order valence-electron chi connectivity index (χ0n) is 20.2. The number of hydrogen-bond acceptors (Lipinski definition) is 7. The number of thioether (sulfide) groups is 1. The van der Waals surface area contributed by atoms with Gasteiger partial charge < -0.3 is 19.1 Å². The number of aryl methyl sites for hydroxylation is 1. The maximum atomic E-state index is 10.6. The van der Waals surface area contributed by atoms with Gasteiger partial charge in [0.15, 0.2) is 16.7 Å². The smallest absolute Gasteiger partial charge is 0.191 e. The summed E-state index contributed by atoms with van der Waals surface area (Å²) < 4.78 is 13.7. The lowest BCUT2D eigenvalue weighted by Crippen LogP contribution is -2.23. The van der Waals surface area contributed by atoms with Gasteiger partial charge in [-0.2, -0.15) is 0 Å². The molecule has 0 radical (unpaired) electrons. The van der Waals surface area contributed by atoms with Gasteiger partial charge in [-0.05, 0) is 50.9 Å². The number of nitrogens with zero attached hydrogens (tertiary/aromatic N) is 4. The highest BCUT2D eigenvalue weighted by Crippen LogP contribution is 2.31. The van der Waals surface area contributed by atoms with Gasteiger partial charge in [0, 0.05) is 24.5 Å². The molecule has 0 saturated carbocycles. The molecule has 0 bridgehead atoms. The topological polar surface area (TPSA) is 72.6 Å². The third-order valence-electron chi connectivity index (χ3n) is 6.06. The van der Waals surface area contributed by atoms with Gasteiger partial charge in [-0.15, -0.1) is 10.2 Å². The third kappa shape index (κ3) is 6.11. The minimum Gasteiger partial charge on any atom is -0.504 e. The summed E-state index contributed by atoms with van der Waals surface area (Å²) in [6, 6.07) is 14.1. The number of rotatable bonds is 11. The number of ether oxygens (including phenoxy) is 2. The first kappa shape index (κ1) is 24.6. The molecule has 1 aromatic heterocycles. The van der Waals surface area contributed by atoms with Crippen molar-refractivity contribution in [2.45, 2.75) is 63.3 Å². The quantitative estimate of drug-likeness (QED) is 0.394. The van der Waals surface area contributed by atoms with Gasteiger partial charge in [-0.25, -0.2) is 0 Å². The first-order valence-electron chi connectivity index (χ1n) is 11.9. The molecule has 3 aromatic rings. The van der Waals surface area contributed by atoms with E-state index in [0.717, 1.165) is 48.3 Å². The summed E-state index contributed by atoms with van der Waals surface area (Å²) in [6.45, 7) is 7.34. The number of benzene rings is 2. The first-order chi connectivity index (χ1) is 16.5. The summed E-state index contributed by atoms with van der Waals surface area (Å²) >= 11 is 1.72. The third-order valence-corrected chi connectivity index (χ3v) is 7.07. The van der Waals surface area contributed by atoms with Crippen LogP contribution >= 0.6 is 11.8 Å². The number of phenols is 1. The van der Waals surface area contributed by atoms with E-state index in [9.17, 15) is 5.11 Å². The number of hydrogen-bond donors (Lipinski definition) is 1. The standard InChI is InChI=1S/C26H34N4O3S/c1-4-32-23-13-7-11-20(25(23)31)15-29(3)17-24-27-28-26(30(24)16-22-12-8-14-33-22)34-18-21-10-6-5-9-19(21)2/h5-7,9-11,13,22,31H,4,8,12,14-18H2,1-3H3. The Labute approximate surface area is 206 Å². The van der Waals surface area contributed by atoms with E-state index in [1.165, 1.54) is 11.1 Å². The Morgan fingerprint density at radius 1 is 1.15 bits per heavy atom. The van der Waals surface area contributed by atoms with Crippen LogP contribution < -0.4 is 4.74 Å². The normalized spacial score (nSPS) is 15.8. The average Bonchev–Trinajstić information content (AvgIpc) is 3.47. The SMILES string of the molecule is CCOc1cccc(CN(C)Cc2nnc(SCc3ccccc3C)n2CC2CCCO2)c1O. The van der Waals surface area contributed by atoms with E-state index in [-0.39, 0.29) is 11.9 Å². The molecule has 34 heavy (non-hydrogen) atoms. The molecule has 1 unspecified atom stereocenters. The van der Waals surface area contributed by atoms with Crippen molar-refractivity contribution < 1.29 is 14.6 Å². The molecule has 4 rings (SSSR count). The summed E-state index contributed by atoms with van der Waals surface area (Å²) in [5.74, 6) is 2.48. The summed E-state index contributed by atoms with van der Waals surface area (Å²) in [4.78, 5) is 2.14. The number of phenolic OH excluding ortho intramolecular Hbond substituents is 1. The second-order valence-electron chi connectivity index (χ2n) is 8.73. The fourth-order valence-corrected chi connectivity index (χ4v) is 5.23. The first-order valence-corrected chi connectivity index (χ1v) is 12.9. The highest BCUT2D eigenvalue weighted by atomic mass is 32.2. The van der Waals surface area contributed by atoms with Gasteiger partial charge in [0.1, 0.15) is 5.82 Å². The molecule has 0 aliphatic carbocycles. The average molecular weight is 483 g/mol. The van der Waals surface area contributed by atoms with E-state index in [2.05, 4.69) is 50.9 Å². The number of aromatic hydroxyl groups is 1. The van der Waals surface area contributed by atoms with E-state index in [0.29, 0.717) is 25.4 Å². The minimum atomic E-state index is 0.199. The highest BCUT2D eigenvalue weighted by molar-refractivity contribution is 7.98. The molecule has 1 aliphatic rings. The maximum absolute atomic E-state index is 10.6. The molecule has 7 nitrogen and oxygen atoms in total. The summed E-state index contributed by atoms with van der Waals surface area (Å²) in [5.41, 5.74) is 3.42. The van der Waals surface area contributed by atoms with Crippen molar-refractivity contribution in [2.24, 2.45) is 0 Å². The molecule has 0 spiro atoms. The van der Waals surface area contributed by atoms with Crippen molar-refractivity contribution in [3.8, 4) is 11.5 Å². The monoisotopic (exact) mass is 482 g/mol. The Morgan fingerprint density at radius 3 is 2.74 bits per heavy atom. The van der Waals surface area contributed by atoms with E-state index in [1.54, 1.807) is 17.8 Å². The van der Waals surface area contributed by atoms with E-state index in [4.69, 9.17) is 9.47 Å². The lowest BCUT2D eigenvalue weighted by Gasteiger charge is -2.20. The molecule has 1 N–H and O–H groups in total. The molecule has 2 heterocycles. The molecule has 1 fully saturated rings. The van der Waals surface area contributed by atoms with Gasteiger partial charge in [0.2, 0.25) is 0 Å². The highest BCUT2D eigenvalue weighted by Gasteiger charge is 2.22. The van der Waals surface area contributed by atoms with Gasteiger partial charge in [-0.3, -0.25) is 4.90 Å². The minimum absolute atomic E-state index is 0.199. The molecule has 182 valence electrons. The van der Waals surface area contributed by atoms with Crippen LogP contribution in [-0.4, -0.2) is 51.1 Å². The molecule has 1 atom stereocenters. The summed E-state index contributed by atoms with van der Waals surface area (Å²) in [5, 5.41) is 20.6. The van der Waals surface area contributed by atoms with Crippen molar-refractivity contribution in [1.29, 1.82) is 0 Å². The van der Waals surface area contributed by atoms with Gasteiger partial charge >= 0.3 is 0 Å². The number of aromatic nitrogens is 3. The van der Waals surface area contributed by atoms with Gasteiger partial charge in [0.25, 0.3) is 0 Å². The van der Waals surface area contributed by atoms with Gasteiger partial charge in [-0.1, -0.05) is 48.2 Å². The largest absolute Gasteiger partial charge is 0.504 e. The maximum Gasteiger partial charge on any atom is 0.191 e. The Hall–Kier alpha value is -2.55. The van der Waals surface area contributed by atoms with Crippen LogP contribution in [0.25, 0.3) is 0 Å². The molecular formula is C26H34N4O3S. The summed E-state index contributed by atoms with van der Waals surface area (Å²) in [6.07, 6.45) is 2.36. The van der Waals surface area contributed by atoms with Crippen LogP contribution in [0.2, 0.25) is 0 Å². The van der Waals surface area contributed by atoms with Crippen LogP contribution in [0, 0.1) is 6.92 Å². The van der Waals surface area contributed by atoms with Crippen molar-refractivity contribution in [2.75, 3.05) is 20.3 Å². The van der Waals surface area contributed by atoms with E-state index in [1.807, 2.05) is 26.1 Å². The Kier molecular flexibility index (Phi) is 8.48. The molecule has 1 saturated heterocycles. The Balaban J connectivity index is 1.49. The van der Waals surface area contributed by atoms with Crippen molar-refractivity contribution >= 4 is 11.8 Å². The Morgan fingerprint density at radius 2 is 1.97 bits per heavy atom. The van der Waals surface area contributed by atoms with Crippen molar-refractivity contribution in [3.05, 3.63) is 65.0 Å². The second-order valence-corrected chi connectivity index (χ2v) is 9.67. The van der Waals surface area contributed by atoms with Crippen LogP contribution in [-0.2, 0) is 30.1 Å². The predicted octanol–water partition coefficient (Wildman–Crippen LogP) is 4.79. The van der Waals surface area contributed by atoms with E-state index < -0.39 is 0 Å². The fourth-order valence-electron chi connectivity index (χ4n) is 4.19. The van der Waals surface area contributed by atoms with Crippen LogP contribution in [0.5, 0.6) is 11.5 Å². The second kappa shape index (κ2) is 11.7. The summed E-state index contributed by atoms with van der Waals surface area (Å²) in [7, 11) is 2.03. The molecule has 1 aliphatic heterocycles. The van der Waals surface area contributed by atoms with Crippen LogP contribution in [0.15, 0.2) is 47.6 Å².